The minimum Gasteiger partial charge on any atom is -0.480 e. The highest BCUT2D eigenvalue weighted by Crippen LogP contribution is 2.89. The van der Waals surface area contributed by atoms with E-state index in [1.54, 1.807) is 9.80 Å². The van der Waals surface area contributed by atoms with Crippen molar-refractivity contribution < 1.29 is 69.9 Å². The van der Waals surface area contributed by atoms with E-state index in [9.17, 15) is 60.0 Å². The fraction of sp³-hybridized carbons (Fsp3) is 0.894. The second-order valence-electron chi connectivity index (χ2n) is 44.0. The Balaban J connectivity index is 0.000000197. The summed E-state index contributed by atoms with van der Waals surface area (Å²) in [6.45, 7) is 37.4. The van der Waals surface area contributed by atoms with Crippen LogP contribution in [0.15, 0.2) is 0 Å². The van der Waals surface area contributed by atoms with Gasteiger partial charge in [-0.2, -0.15) is 0 Å². The number of carbonyl (C=O) groups is 10. The highest BCUT2D eigenvalue weighted by Gasteiger charge is 2.87. The molecule has 25 heteroatoms. The van der Waals surface area contributed by atoms with Crippen LogP contribution < -0.4 is 20.5 Å². The Hall–Kier alpha value is -4.72. The lowest BCUT2D eigenvalue weighted by atomic mass is 9.73. The van der Waals surface area contributed by atoms with Crippen LogP contribution in [-0.4, -0.2) is 185 Å². The third-order valence-electron chi connectivity index (χ3n) is 35.8. The molecule has 23 nitrogen and oxygen atoms in total. The highest BCUT2D eigenvalue weighted by molar-refractivity contribution is 7.92. The van der Waals surface area contributed by atoms with E-state index in [-0.39, 0.29) is 135 Å². The van der Waals surface area contributed by atoms with Crippen LogP contribution in [0.1, 0.15) is 355 Å². The number of ketones is 4. The summed E-state index contributed by atoms with van der Waals surface area (Å²) in [4.78, 5) is 149. The van der Waals surface area contributed by atoms with Crippen LogP contribution in [0.3, 0.4) is 0 Å². The molecule has 672 valence electrons. The van der Waals surface area contributed by atoms with E-state index in [0.717, 1.165) is 155 Å². The summed E-state index contributed by atoms with van der Waals surface area (Å²) in [7, 11) is -7.78. The van der Waals surface area contributed by atoms with Gasteiger partial charge >= 0.3 is 5.97 Å². The molecule has 119 heavy (non-hydrogen) atoms. The summed E-state index contributed by atoms with van der Waals surface area (Å²) in [6.07, 6.45) is 28.0. The van der Waals surface area contributed by atoms with Crippen molar-refractivity contribution in [3.8, 4) is 0 Å². The first-order chi connectivity index (χ1) is 55.7. The predicted octanol–water partition coefficient (Wildman–Crippen LogP) is 14.1. The third-order valence-corrected chi connectivity index (χ3v) is 40.2. The first kappa shape index (κ1) is 93.4. The van der Waals surface area contributed by atoms with Gasteiger partial charge in [-0.05, 0) is 224 Å². The van der Waals surface area contributed by atoms with E-state index < -0.39 is 105 Å². The Morgan fingerprint density at radius 3 is 1.16 bits per heavy atom. The Kier molecular flexibility index (Phi) is 26.9. The standard InChI is InChI=1S/C47H76N4O7S.C40H65N3O6S.C7H13NO2/c1-9-20-44(23-24-44)59(57,58)49-41(56)45(27-32(45)10-2)29-37(53)35-28-47(43(7,8)46(47)21-16-22-46)30-51(35)40(55)33(42(4,5)6)26-36(52)38(31-17-13-12-14-18-31)48-39(54)34-19-15-25-50(34)11-3;1-8-16-37(19-20-37)50(48,49)42-34(47)38(22-27(38)9-2)24-31(45)29-23-40(36(6,7)39(40)17-13-18-39)25-43(29)33(46)28(35(3,4)5)21-30(44)32(41)26-14-11-10-12-15-26;1-2-8-5-3-4-6(8)7(9)10/h31-35,38H,9-30H2,1-8H3,(H,48,54)(H,49,56);26-29,32H,8-25,41H2,1-7H3,(H,42,47);6H,2-5H2,1H3,(H,9,10)/t32-,33-,34+,35+,38+,45-,47-;27-,28-,29+,32+,38-,40-;6-/m110/s1. The molecule has 0 radical (unpaired) electrons. The zero-order valence-electron chi connectivity index (χ0n) is 75.9. The Labute approximate surface area is 714 Å². The van der Waals surface area contributed by atoms with Gasteiger partial charge in [-0.25, -0.2) is 16.8 Å². The van der Waals surface area contributed by atoms with Crippen molar-refractivity contribution in [2.24, 2.45) is 95.4 Å². The summed E-state index contributed by atoms with van der Waals surface area (Å²) in [5, 5.41) is 11.9. The largest absolute Gasteiger partial charge is 0.480 e. The molecular weight excluding hydrogens is 1550 g/mol. The second kappa shape index (κ2) is 34.2. The maximum atomic E-state index is 15.4. The zero-order valence-corrected chi connectivity index (χ0v) is 77.5. The van der Waals surface area contributed by atoms with Crippen LogP contribution in [0, 0.1) is 89.7 Å². The van der Waals surface area contributed by atoms with Gasteiger partial charge < -0.3 is 26.0 Å². The number of likely N-dealkylation sites (N-methyl/N-ethyl adjacent to an activating group) is 2. The van der Waals surface area contributed by atoms with Crippen LogP contribution in [0.25, 0.3) is 0 Å². The third kappa shape index (κ3) is 16.5. The molecule has 0 aromatic rings. The summed E-state index contributed by atoms with van der Waals surface area (Å²) in [5.74, 6) is -4.10. The first-order valence-corrected chi connectivity index (χ1v) is 50.3. The number of carboxylic acid groups (broad SMARTS) is 1. The molecule has 0 aromatic carbocycles. The number of fused-ring (bicyclic) bond motifs is 2. The van der Waals surface area contributed by atoms with Gasteiger partial charge in [0.25, 0.3) is 0 Å². The fourth-order valence-corrected chi connectivity index (χ4v) is 30.3. The van der Waals surface area contributed by atoms with Crippen molar-refractivity contribution in [3.05, 3.63) is 0 Å². The number of amides is 5. The number of rotatable bonds is 33. The number of nitrogens with two attached hydrogens (primary N) is 1. The van der Waals surface area contributed by atoms with E-state index in [1.807, 2.05) is 81.1 Å². The van der Waals surface area contributed by atoms with Crippen molar-refractivity contribution in [2.75, 3.05) is 39.3 Å². The summed E-state index contributed by atoms with van der Waals surface area (Å²) < 4.78 is 57.2. The molecular formula is C94H154N8O15S2. The molecule has 10 saturated carbocycles. The van der Waals surface area contributed by atoms with Crippen molar-refractivity contribution in [3.63, 3.8) is 0 Å². The Bertz CT molecular complexity index is 4080. The van der Waals surface area contributed by atoms with Gasteiger partial charge in [-0.1, -0.05) is 188 Å². The maximum Gasteiger partial charge on any atom is 0.320 e. The number of hydrogen-bond acceptors (Lipinski definition) is 17. The molecule has 4 aliphatic heterocycles. The molecule has 0 bridgehead atoms. The molecule has 0 aromatic heterocycles. The molecule has 4 saturated heterocycles. The molecule has 0 unspecified atom stereocenters. The Morgan fingerprint density at radius 2 is 0.840 bits per heavy atom. The highest BCUT2D eigenvalue weighted by atomic mass is 32.2. The van der Waals surface area contributed by atoms with Gasteiger partial charge in [0.2, 0.25) is 49.6 Å². The number of sulfonamides is 2. The summed E-state index contributed by atoms with van der Waals surface area (Å²) in [6, 6.07) is -3.16. The minimum atomic E-state index is -3.91. The van der Waals surface area contributed by atoms with Crippen LogP contribution in [0.4, 0.5) is 0 Å². The lowest BCUT2D eigenvalue weighted by Gasteiger charge is -2.37. The lowest BCUT2D eigenvalue weighted by molar-refractivity contribution is -0.147. The van der Waals surface area contributed by atoms with Crippen molar-refractivity contribution in [1.82, 2.24) is 34.4 Å². The average Bonchev–Trinajstić information content (AvgIpc) is 1.45. The maximum absolute atomic E-state index is 15.4. The molecule has 10 aliphatic carbocycles. The molecule has 14 atom stereocenters. The Morgan fingerprint density at radius 1 is 0.462 bits per heavy atom. The van der Waals surface area contributed by atoms with Crippen LogP contribution in [-0.2, 0) is 68.0 Å². The van der Waals surface area contributed by atoms with E-state index in [4.69, 9.17) is 10.8 Å². The van der Waals surface area contributed by atoms with Crippen LogP contribution >= 0.6 is 0 Å². The summed E-state index contributed by atoms with van der Waals surface area (Å²) in [5.41, 5.74) is 2.83. The smallest absolute Gasteiger partial charge is 0.320 e. The van der Waals surface area contributed by atoms with Gasteiger partial charge in [-0.15, -0.1) is 0 Å². The van der Waals surface area contributed by atoms with Crippen LogP contribution in [0.2, 0.25) is 0 Å². The van der Waals surface area contributed by atoms with Crippen molar-refractivity contribution in [1.29, 1.82) is 0 Å². The van der Waals surface area contributed by atoms with Crippen LogP contribution in [0.5, 0.6) is 0 Å². The van der Waals surface area contributed by atoms with E-state index in [2.05, 4.69) is 54.3 Å². The monoisotopic (exact) mass is 1700 g/mol. The van der Waals surface area contributed by atoms with E-state index in [0.29, 0.717) is 96.6 Å². The normalized spacial score (nSPS) is 32.6. The van der Waals surface area contributed by atoms with Gasteiger partial charge in [0.1, 0.15) is 6.04 Å². The first-order valence-electron chi connectivity index (χ1n) is 47.4. The number of likely N-dealkylation sites (tertiary alicyclic amines) is 4. The number of Topliss-reactive ketones (excluding diaryl/α,β-unsaturated/α-hetero) is 4. The molecule has 4 heterocycles. The lowest BCUT2D eigenvalue weighted by Crippen LogP contribution is -2.54. The number of nitrogens with zero attached hydrogens (tertiary/aromatic N) is 4. The quantitative estimate of drug-likeness (QED) is 0.0407. The topological polar surface area (TPSA) is 334 Å². The number of nitrogens with one attached hydrogen (secondary N) is 3. The second-order valence-corrected chi connectivity index (χ2v) is 48.2. The molecule has 4 spiro atoms. The molecule has 5 amide bonds. The van der Waals surface area contributed by atoms with Gasteiger partial charge in [0.15, 0.2) is 23.1 Å². The number of carboxylic acids is 1. The summed E-state index contributed by atoms with van der Waals surface area (Å²) >= 11 is 0. The average molecular weight is 1700 g/mol. The van der Waals surface area contributed by atoms with Crippen molar-refractivity contribution in [2.45, 2.75) is 401 Å². The van der Waals surface area contributed by atoms with Gasteiger partial charge in [-0.3, -0.25) is 67.2 Å². The molecule has 6 N–H and O–H groups in total. The van der Waals surface area contributed by atoms with Gasteiger partial charge in [0.05, 0.1) is 50.5 Å². The molecule has 14 fully saturated rings. The zero-order chi connectivity index (χ0) is 87.2. The van der Waals surface area contributed by atoms with E-state index >= 15 is 4.79 Å². The van der Waals surface area contributed by atoms with E-state index in [1.165, 1.54) is 6.42 Å². The number of hydrogen-bond donors (Lipinski definition) is 5. The molecule has 14 aliphatic rings. The predicted molar refractivity (Wildman–Crippen MR) is 460 cm³/mol. The minimum absolute atomic E-state index is 0.0213. The van der Waals surface area contributed by atoms with Crippen molar-refractivity contribution >= 4 is 78.7 Å². The fourth-order valence-electron chi connectivity index (χ4n) is 26.7. The number of carbonyl (C=O) groups excluding carboxylic acids is 9. The van der Waals surface area contributed by atoms with Gasteiger partial charge in [0, 0.05) is 61.4 Å². The molecule has 14 rings (SSSR count). The number of aliphatic carboxylic acids is 1. The SMILES string of the molecule is CCCC1(S(=O)(=O)NC(=O)[C@@]2(CC(=O)[C@@H]3C[C@@]4(CN3C(=O)[C@@H](CC(=O)[C@@H](N)C3CCCCC3)C(C)(C)C)C(C)(C)C43CCC3)C[C@H]2CC)CC1.CCCC1(S(=O)(=O)NC(=O)[C@@]2(CC(=O)[C@@H]3C[C@@]4(CN3C(=O)[C@@H](CC(=O)[C@@H](NC(=O)[C@@H]3CCCN3CC)C3CCCCC3)C(C)(C)C)C(C)(C)C43CCC3)C[C@H]2CC)CC1.CCN1CCC[C@H]1C(=O)O.